The fraction of sp³-hybridized carbons (Fsp3) is 0.364. The number of H-pyrrole nitrogens is 1. The second-order valence-electron chi connectivity index (χ2n) is 3.56. The predicted octanol–water partition coefficient (Wildman–Crippen LogP) is 0.311. The van der Waals surface area contributed by atoms with Gasteiger partial charge in [-0.2, -0.15) is 11.8 Å². The van der Waals surface area contributed by atoms with Crippen LogP contribution in [0.4, 0.5) is 0 Å². The molecule has 1 unspecified atom stereocenters. The van der Waals surface area contributed by atoms with E-state index in [4.69, 9.17) is 5.11 Å². The van der Waals surface area contributed by atoms with Crippen LogP contribution in [0.3, 0.4) is 0 Å². The van der Waals surface area contributed by atoms with Gasteiger partial charge in [-0.15, -0.1) is 0 Å². The van der Waals surface area contributed by atoms with E-state index in [9.17, 15) is 14.4 Å². The number of aromatic nitrogens is 1. The van der Waals surface area contributed by atoms with Gasteiger partial charge in [0.15, 0.2) is 0 Å². The van der Waals surface area contributed by atoms with Crippen molar-refractivity contribution in [1.82, 2.24) is 10.3 Å². The lowest BCUT2D eigenvalue weighted by Gasteiger charge is -2.13. The first-order valence-electron chi connectivity index (χ1n) is 5.26. The van der Waals surface area contributed by atoms with Crippen LogP contribution in [-0.4, -0.2) is 40.0 Å². The number of pyridine rings is 1. The van der Waals surface area contributed by atoms with Gasteiger partial charge < -0.3 is 15.4 Å². The first kappa shape index (κ1) is 14.3. The molecule has 1 atom stereocenters. The molecule has 1 amide bonds. The van der Waals surface area contributed by atoms with Gasteiger partial charge in [0.25, 0.3) is 11.5 Å². The lowest BCUT2D eigenvalue weighted by atomic mass is 10.2. The normalized spacial score (nSPS) is 11.8. The molecule has 0 spiro atoms. The molecule has 0 saturated carbocycles. The van der Waals surface area contributed by atoms with Crippen molar-refractivity contribution in [3.05, 3.63) is 34.2 Å². The minimum Gasteiger partial charge on any atom is -0.480 e. The molecule has 0 aliphatic carbocycles. The number of carboxylic acid groups (broad SMARTS) is 1. The zero-order chi connectivity index (χ0) is 13.5. The summed E-state index contributed by atoms with van der Waals surface area (Å²) in [5, 5.41) is 11.3. The molecular weight excluding hydrogens is 256 g/mol. The van der Waals surface area contributed by atoms with E-state index in [1.54, 1.807) is 0 Å². The van der Waals surface area contributed by atoms with Crippen molar-refractivity contribution >= 4 is 23.6 Å². The van der Waals surface area contributed by atoms with Crippen LogP contribution in [0.2, 0.25) is 0 Å². The van der Waals surface area contributed by atoms with Crippen molar-refractivity contribution in [1.29, 1.82) is 0 Å². The summed E-state index contributed by atoms with van der Waals surface area (Å²) >= 11 is 1.49. The molecule has 18 heavy (non-hydrogen) atoms. The zero-order valence-corrected chi connectivity index (χ0v) is 10.6. The fourth-order valence-corrected chi connectivity index (χ4v) is 1.80. The fourth-order valence-electron chi connectivity index (χ4n) is 1.33. The molecule has 7 heteroatoms. The third kappa shape index (κ3) is 3.92. The molecule has 98 valence electrons. The van der Waals surface area contributed by atoms with E-state index < -0.39 is 23.5 Å². The highest BCUT2D eigenvalue weighted by Gasteiger charge is 2.21. The maximum atomic E-state index is 11.7. The quantitative estimate of drug-likeness (QED) is 0.691. The number of thioether (sulfide) groups is 1. The van der Waals surface area contributed by atoms with Crippen LogP contribution in [0.1, 0.15) is 16.8 Å². The monoisotopic (exact) mass is 270 g/mol. The number of hydrogen-bond acceptors (Lipinski definition) is 4. The summed E-state index contributed by atoms with van der Waals surface area (Å²) in [5.41, 5.74) is -0.628. The Labute approximate surface area is 108 Å². The van der Waals surface area contributed by atoms with Crippen molar-refractivity contribution in [3.8, 4) is 0 Å². The molecule has 1 heterocycles. The van der Waals surface area contributed by atoms with Gasteiger partial charge in [-0.05, 0) is 30.6 Å². The molecule has 1 aromatic rings. The molecule has 1 aromatic heterocycles. The van der Waals surface area contributed by atoms with Crippen LogP contribution in [0.25, 0.3) is 0 Å². The molecule has 0 aromatic carbocycles. The van der Waals surface area contributed by atoms with E-state index in [-0.39, 0.29) is 5.56 Å². The molecule has 0 bridgehead atoms. The zero-order valence-electron chi connectivity index (χ0n) is 9.80. The van der Waals surface area contributed by atoms with E-state index >= 15 is 0 Å². The van der Waals surface area contributed by atoms with Gasteiger partial charge in [0.1, 0.15) is 11.6 Å². The standard InChI is InChI=1S/C11H14N2O4S/c1-18-6-4-8(11(16)17)13-10(15)7-3-2-5-12-9(7)14/h2-3,5,8H,4,6H2,1H3,(H,12,14)(H,13,15)(H,16,17). The molecule has 0 aliphatic rings. The van der Waals surface area contributed by atoms with Gasteiger partial charge >= 0.3 is 5.97 Å². The van der Waals surface area contributed by atoms with E-state index in [1.807, 2.05) is 6.26 Å². The molecule has 0 saturated heterocycles. The third-order valence-corrected chi connectivity index (χ3v) is 2.92. The molecule has 1 rings (SSSR count). The largest absolute Gasteiger partial charge is 0.480 e. The summed E-state index contributed by atoms with van der Waals surface area (Å²) in [7, 11) is 0. The molecule has 3 N–H and O–H groups in total. The number of carboxylic acids is 1. The highest BCUT2D eigenvalue weighted by atomic mass is 32.2. The highest BCUT2D eigenvalue weighted by molar-refractivity contribution is 7.98. The Bertz CT molecular complexity index is 486. The maximum absolute atomic E-state index is 11.7. The first-order chi connectivity index (χ1) is 8.56. The second kappa shape index (κ2) is 6.85. The van der Waals surface area contributed by atoms with Crippen LogP contribution in [0.15, 0.2) is 23.1 Å². The van der Waals surface area contributed by atoms with Crippen molar-refractivity contribution in [2.24, 2.45) is 0 Å². The van der Waals surface area contributed by atoms with Crippen LogP contribution < -0.4 is 10.9 Å². The average Bonchev–Trinajstić information content (AvgIpc) is 2.34. The van der Waals surface area contributed by atoms with Crippen LogP contribution >= 0.6 is 11.8 Å². The van der Waals surface area contributed by atoms with Crippen LogP contribution in [0.5, 0.6) is 0 Å². The number of aliphatic carboxylic acids is 1. The summed E-state index contributed by atoms with van der Waals surface area (Å²) in [6.45, 7) is 0. The van der Waals surface area contributed by atoms with Crippen molar-refractivity contribution in [2.45, 2.75) is 12.5 Å². The number of carbonyl (C=O) groups is 2. The molecular formula is C11H14N2O4S. The molecule has 0 radical (unpaired) electrons. The molecule has 0 aliphatic heterocycles. The SMILES string of the molecule is CSCCC(NC(=O)c1ccc[nH]c1=O)C(=O)O. The number of rotatable bonds is 6. The summed E-state index contributed by atoms with van der Waals surface area (Å²) < 4.78 is 0. The number of hydrogen-bond donors (Lipinski definition) is 3. The topological polar surface area (TPSA) is 99.3 Å². The Kier molecular flexibility index (Phi) is 5.44. The maximum Gasteiger partial charge on any atom is 0.326 e. The number of nitrogens with one attached hydrogen (secondary N) is 2. The number of amides is 1. The Hall–Kier alpha value is -1.76. The summed E-state index contributed by atoms with van der Waals surface area (Å²) in [6, 6.07) is 1.87. The van der Waals surface area contributed by atoms with Gasteiger partial charge in [-0.25, -0.2) is 4.79 Å². The molecule has 6 nitrogen and oxygen atoms in total. The average molecular weight is 270 g/mol. The van der Waals surface area contributed by atoms with E-state index in [0.29, 0.717) is 12.2 Å². The van der Waals surface area contributed by atoms with Crippen LogP contribution in [0, 0.1) is 0 Å². The van der Waals surface area contributed by atoms with E-state index in [0.717, 1.165) is 0 Å². The van der Waals surface area contributed by atoms with Crippen molar-refractivity contribution in [3.63, 3.8) is 0 Å². The third-order valence-electron chi connectivity index (χ3n) is 2.28. The number of aromatic amines is 1. The summed E-state index contributed by atoms with van der Waals surface area (Å²) in [4.78, 5) is 36.4. The van der Waals surface area contributed by atoms with Gasteiger partial charge in [0, 0.05) is 6.20 Å². The Balaban J connectivity index is 2.76. The van der Waals surface area contributed by atoms with Gasteiger partial charge in [0.05, 0.1) is 0 Å². The van der Waals surface area contributed by atoms with E-state index in [2.05, 4.69) is 10.3 Å². The van der Waals surface area contributed by atoms with E-state index in [1.165, 1.54) is 30.1 Å². The Morgan fingerprint density at radius 2 is 2.28 bits per heavy atom. The van der Waals surface area contributed by atoms with Gasteiger partial charge in [-0.1, -0.05) is 0 Å². The number of carbonyl (C=O) groups excluding carboxylic acids is 1. The Morgan fingerprint density at radius 3 is 2.83 bits per heavy atom. The van der Waals surface area contributed by atoms with Gasteiger partial charge in [-0.3, -0.25) is 9.59 Å². The smallest absolute Gasteiger partial charge is 0.326 e. The lowest BCUT2D eigenvalue weighted by Crippen LogP contribution is -2.42. The Morgan fingerprint density at radius 1 is 1.56 bits per heavy atom. The predicted molar refractivity (Wildman–Crippen MR) is 69.0 cm³/mol. The minimum absolute atomic E-state index is 0.0899. The summed E-state index contributed by atoms with van der Waals surface area (Å²) in [5.74, 6) is -1.17. The highest BCUT2D eigenvalue weighted by Crippen LogP contribution is 2.02. The van der Waals surface area contributed by atoms with Crippen molar-refractivity contribution in [2.75, 3.05) is 12.0 Å². The summed E-state index contributed by atoms with van der Waals surface area (Å²) in [6.07, 6.45) is 3.57. The minimum atomic E-state index is -1.11. The van der Waals surface area contributed by atoms with Crippen LogP contribution in [-0.2, 0) is 4.79 Å². The second-order valence-corrected chi connectivity index (χ2v) is 4.54. The first-order valence-corrected chi connectivity index (χ1v) is 6.66. The van der Waals surface area contributed by atoms with Crippen molar-refractivity contribution < 1.29 is 14.7 Å². The molecule has 0 fully saturated rings. The van der Waals surface area contributed by atoms with Gasteiger partial charge in [0.2, 0.25) is 0 Å². The lowest BCUT2D eigenvalue weighted by molar-refractivity contribution is -0.139.